The predicted molar refractivity (Wildman–Crippen MR) is 59.3 cm³/mol. The first-order chi connectivity index (χ1) is 6.74. The summed E-state index contributed by atoms with van der Waals surface area (Å²) < 4.78 is 1.71. The summed E-state index contributed by atoms with van der Waals surface area (Å²) >= 11 is 5.99. The molecule has 0 unspecified atom stereocenters. The van der Waals surface area contributed by atoms with Gasteiger partial charge in [0.1, 0.15) is 5.75 Å². The van der Waals surface area contributed by atoms with E-state index in [1.165, 1.54) is 0 Å². The van der Waals surface area contributed by atoms with Gasteiger partial charge in [0.15, 0.2) is 0 Å². The fourth-order valence-corrected chi connectivity index (χ4v) is 1.49. The molecule has 0 heterocycles. The van der Waals surface area contributed by atoms with E-state index in [9.17, 15) is 5.11 Å². The third-order valence-corrected chi connectivity index (χ3v) is 2.38. The Morgan fingerprint density at radius 2 is 2.07 bits per heavy atom. The minimum absolute atomic E-state index is 0.314. The number of phenolic OH excluding ortho intramolecular Hbond substituents is 1. The number of phenols is 1. The van der Waals surface area contributed by atoms with E-state index in [1.807, 2.05) is 18.2 Å². The Balaban J connectivity index is 2.47. The van der Waals surface area contributed by atoms with Crippen LogP contribution in [0.1, 0.15) is 25.3 Å². The largest absolute Gasteiger partial charge is 0.508 e. The van der Waals surface area contributed by atoms with Crippen molar-refractivity contribution in [2.75, 3.05) is 6.54 Å². The SMILES string of the molecule is CCCCN(Cl)Cc1ccccc1O. The van der Waals surface area contributed by atoms with Gasteiger partial charge in [0.2, 0.25) is 0 Å². The topological polar surface area (TPSA) is 23.5 Å². The molecule has 1 aromatic carbocycles. The van der Waals surface area contributed by atoms with Gasteiger partial charge < -0.3 is 5.11 Å². The number of unbranched alkanes of at least 4 members (excludes halogenated alkanes) is 1. The van der Waals surface area contributed by atoms with Crippen LogP contribution in [0.15, 0.2) is 24.3 Å². The molecule has 0 fully saturated rings. The van der Waals surface area contributed by atoms with E-state index in [1.54, 1.807) is 10.5 Å². The first-order valence-corrected chi connectivity index (χ1v) is 5.25. The maximum absolute atomic E-state index is 9.50. The summed E-state index contributed by atoms with van der Waals surface area (Å²) in [5.41, 5.74) is 0.874. The molecule has 78 valence electrons. The van der Waals surface area contributed by atoms with Gasteiger partial charge in [-0.3, -0.25) is 0 Å². The van der Waals surface area contributed by atoms with Crippen LogP contribution in [0.3, 0.4) is 0 Å². The minimum Gasteiger partial charge on any atom is -0.508 e. The molecule has 0 aromatic heterocycles. The predicted octanol–water partition coefficient (Wildman–Crippen LogP) is 3.15. The van der Waals surface area contributed by atoms with Crippen molar-refractivity contribution in [3.05, 3.63) is 29.8 Å². The summed E-state index contributed by atoms with van der Waals surface area (Å²) in [5, 5.41) is 9.50. The third kappa shape index (κ3) is 3.56. The van der Waals surface area contributed by atoms with Crippen molar-refractivity contribution in [1.82, 2.24) is 4.42 Å². The van der Waals surface area contributed by atoms with Crippen LogP contribution in [0.2, 0.25) is 0 Å². The molecule has 0 aliphatic carbocycles. The van der Waals surface area contributed by atoms with Crippen molar-refractivity contribution in [2.24, 2.45) is 0 Å². The molecule has 2 nitrogen and oxygen atoms in total. The van der Waals surface area contributed by atoms with E-state index in [0.717, 1.165) is 24.9 Å². The Hall–Kier alpha value is -0.730. The lowest BCUT2D eigenvalue weighted by Gasteiger charge is -2.13. The number of benzene rings is 1. The van der Waals surface area contributed by atoms with E-state index < -0.39 is 0 Å². The average molecular weight is 214 g/mol. The van der Waals surface area contributed by atoms with Crippen LogP contribution in [-0.4, -0.2) is 16.1 Å². The number of hydrogen-bond acceptors (Lipinski definition) is 2. The minimum atomic E-state index is 0.314. The van der Waals surface area contributed by atoms with E-state index in [0.29, 0.717) is 12.3 Å². The summed E-state index contributed by atoms with van der Waals surface area (Å²) in [7, 11) is 0. The summed E-state index contributed by atoms with van der Waals surface area (Å²) in [6, 6.07) is 7.28. The first-order valence-electron chi connectivity index (χ1n) is 4.91. The second-order valence-corrected chi connectivity index (χ2v) is 3.80. The highest BCUT2D eigenvalue weighted by molar-refractivity contribution is 6.13. The Morgan fingerprint density at radius 1 is 1.36 bits per heavy atom. The average Bonchev–Trinajstić information content (AvgIpc) is 2.18. The zero-order chi connectivity index (χ0) is 10.4. The fraction of sp³-hybridized carbons (Fsp3) is 0.455. The lowest BCUT2D eigenvalue weighted by molar-refractivity contribution is 0.414. The Bertz CT molecular complexity index is 278. The molecule has 0 atom stereocenters. The molecule has 0 amide bonds. The van der Waals surface area contributed by atoms with Gasteiger partial charge in [-0.2, -0.15) is 0 Å². The fourth-order valence-electron chi connectivity index (χ4n) is 1.24. The maximum Gasteiger partial charge on any atom is 0.120 e. The zero-order valence-corrected chi connectivity index (χ0v) is 9.17. The molecule has 0 aliphatic heterocycles. The number of hydrogen-bond donors (Lipinski definition) is 1. The second-order valence-electron chi connectivity index (χ2n) is 3.33. The van der Waals surface area contributed by atoms with Crippen molar-refractivity contribution < 1.29 is 5.11 Å². The van der Waals surface area contributed by atoms with Gasteiger partial charge in [0.25, 0.3) is 0 Å². The first kappa shape index (κ1) is 11.3. The summed E-state index contributed by atoms with van der Waals surface area (Å²) in [5.74, 6) is 0.314. The lowest BCUT2D eigenvalue weighted by Crippen LogP contribution is -2.12. The van der Waals surface area contributed by atoms with Crippen LogP contribution in [0, 0.1) is 0 Å². The molecule has 1 N–H and O–H groups in total. The summed E-state index contributed by atoms with van der Waals surface area (Å²) in [4.78, 5) is 0. The number of aromatic hydroxyl groups is 1. The molecule has 0 bridgehead atoms. The summed E-state index contributed by atoms with van der Waals surface area (Å²) in [6.45, 7) is 3.57. The van der Waals surface area contributed by atoms with Crippen LogP contribution < -0.4 is 0 Å². The molecule has 0 spiro atoms. The smallest absolute Gasteiger partial charge is 0.120 e. The van der Waals surface area contributed by atoms with Crippen LogP contribution >= 0.6 is 11.8 Å². The monoisotopic (exact) mass is 213 g/mol. The molecule has 1 aromatic rings. The molecule has 0 saturated heterocycles. The number of halogens is 1. The molecular formula is C11H16ClNO. The molecule has 0 saturated carbocycles. The molecule has 14 heavy (non-hydrogen) atoms. The Kier molecular flexibility index (Phi) is 4.77. The number of para-hydroxylation sites is 1. The van der Waals surface area contributed by atoms with Gasteiger partial charge in [0.05, 0.1) is 0 Å². The van der Waals surface area contributed by atoms with Crippen molar-refractivity contribution in [2.45, 2.75) is 26.3 Å². The molecule has 0 aliphatic rings. The highest BCUT2D eigenvalue weighted by Gasteiger charge is 2.04. The molecule has 1 rings (SSSR count). The van der Waals surface area contributed by atoms with Gasteiger partial charge in [-0.05, 0) is 24.3 Å². The van der Waals surface area contributed by atoms with Crippen LogP contribution in [0.5, 0.6) is 5.75 Å². The van der Waals surface area contributed by atoms with Gasteiger partial charge in [-0.25, -0.2) is 4.42 Å². The Labute approximate surface area is 90.2 Å². The van der Waals surface area contributed by atoms with E-state index in [-0.39, 0.29) is 0 Å². The standard InChI is InChI=1S/C11H16ClNO/c1-2-3-8-13(12)9-10-6-4-5-7-11(10)14/h4-7,14H,2-3,8-9H2,1H3. The van der Waals surface area contributed by atoms with E-state index >= 15 is 0 Å². The van der Waals surface area contributed by atoms with Crippen molar-refractivity contribution in [3.8, 4) is 5.75 Å². The van der Waals surface area contributed by atoms with Crippen molar-refractivity contribution >= 4 is 11.8 Å². The van der Waals surface area contributed by atoms with Crippen molar-refractivity contribution in [1.29, 1.82) is 0 Å². The zero-order valence-electron chi connectivity index (χ0n) is 8.41. The van der Waals surface area contributed by atoms with E-state index in [2.05, 4.69) is 6.92 Å². The highest BCUT2D eigenvalue weighted by atomic mass is 35.5. The van der Waals surface area contributed by atoms with Gasteiger partial charge in [-0.1, -0.05) is 31.5 Å². The van der Waals surface area contributed by atoms with Crippen LogP contribution in [-0.2, 0) is 6.54 Å². The van der Waals surface area contributed by atoms with Crippen LogP contribution in [0.25, 0.3) is 0 Å². The van der Waals surface area contributed by atoms with Gasteiger partial charge in [-0.15, -0.1) is 0 Å². The summed E-state index contributed by atoms with van der Waals surface area (Å²) in [6.07, 6.45) is 2.21. The molecular weight excluding hydrogens is 198 g/mol. The Morgan fingerprint density at radius 3 is 2.71 bits per heavy atom. The van der Waals surface area contributed by atoms with Gasteiger partial charge >= 0.3 is 0 Å². The lowest BCUT2D eigenvalue weighted by atomic mass is 10.2. The maximum atomic E-state index is 9.50. The third-order valence-electron chi connectivity index (χ3n) is 2.09. The van der Waals surface area contributed by atoms with Crippen LogP contribution in [0.4, 0.5) is 0 Å². The van der Waals surface area contributed by atoms with Gasteiger partial charge in [0, 0.05) is 18.7 Å². The number of rotatable bonds is 5. The highest BCUT2D eigenvalue weighted by Crippen LogP contribution is 2.18. The molecule has 0 radical (unpaired) electrons. The number of nitrogens with zero attached hydrogens (tertiary/aromatic N) is 1. The second kappa shape index (κ2) is 5.89. The molecule has 3 heteroatoms. The quantitative estimate of drug-likeness (QED) is 0.760. The normalized spacial score (nSPS) is 10.8. The van der Waals surface area contributed by atoms with Crippen molar-refractivity contribution in [3.63, 3.8) is 0 Å². The van der Waals surface area contributed by atoms with E-state index in [4.69, 9.17) is 11.8 Å².